The predicted molar refractivity (Wildman–Crippen MR) is 91.9 cm³/mol. The molecular weight excluding hydrogens is 312 g/mol. The summed E-state index contributed by atoms with van der Waals surface area (Å²) in [4.78, 5) is 17.8. The number of carbonyl (C=O) groups excluding carboxylic acids is 1. The quantitative estimate of drug-likeness (QED) is 0.596. The summed E-state index contributed by atoms with van der Waals surface area (Å²) in [7, 11) is 0. The van der Waals surface area contributed by atoms with Gasteiger partial charge in [-0.2, -0.15) is 0 Å². The maximum absolute atomic E-state index is 11.6. The molecule has 0 spiro atoms. The Morgan fingerprint density at radius 2 is 2.13 bits per heavy atom. The molecule has 0 unspecified atom stereocenters. The lowest BCUT2D eigenvalue weighted by Crippen LogP contribution is -2.26. The molecule has 0 saturated heterocycles. The maximum atomic E-state index is 11.6. The van der Waals surface area contributed by atoms with Crippen LogP contribution in [0.3, 0.4) is 0 Å². The van der Waals surface area contributed by atoms with Crippen molar-refractivity contribution in [2.24, 2.45) is 5.16 Å². The molecule has 1 N–H and O–H groups in total. The number of carbonyl (C=O) groups is 1. The highest BCUT2D eigenvalue weighted by atomic mass is 32.1. The van der Waals surface area contributed by atoms with Crippen LogP contribution in [-0.4, -0.2) is 24.8 Å². The number of hydrogen-bond donors (Lipinski definition) is 1. The van der Waals surface area contributed by atoms with Crippen LogP contribution in [0.1, 0.15) is 24.3 Å². The molecule has 5 nitrogen and oxygen atoms in total. The molecule has 0 saturated carbocycles. The second-order valence-corrected chi connectivity index (χ2v) is 6.10. The Bertz CT molecular complexity index is 639. The van der Waals surface area contributed by atoms with Gasteiger partial charge in [0.2, 0.25) is 0 Å². The van der Waals surface area contributed by atoms with E-state index in [1.165, 1.54) is 0 Å². The third kappa shape index (κ3) is 6.12. The number of hydrogen-bond acceptors (Lipinski definition) is 5. The van der Waals surface area contributed by atoms with Crippen LogP contribution in [0.15, 0.2) is 46.9 Å². The molecule has 6 heteroatoms. The Labute approximate surface area is 139 Å². The topological polar surface area (TPSA) is 59.9 Å². The molecule has 0 aliphatic carbocycles. The molecule has 2 aromatic rings. The maximum Gasteiger partial charge on any atom is 0.261 e. The first-order valence-electron chi connectivity index (χ1n) is 7.35. The molecule has 122 valence electrons. The van der Waals surface area contributed by atoms with Crippen molar-refractivity contribution in [1.29, 1.82) is 0 Å². The van der Waals surface area contributed by atoms with Gasteiger partial charge < -0.3 is 14.9 Å². The molecule has 0 radical (unpaired) electrons. The normalized spacial score (nSPS) is 10.9. The SMILES string of the molecule is CC(C)Oc1ccccc1/C=N/OCC(=O)NCc1cccs1. The summed E-state index contributed by atoms with van der Waals surface area (Å²) in [6, 6.07) is 11.5. The fraction of sp³-hybridized carbons (Fsp3) is 0.294. The average Bonchev–Trinajstić information content (AvgIpc) is 3.04. The number of amides is 1. The molecule has 0 aliphatic rings. The van der Waals surface area contributed by atoms with Crippen LogP contribution in [0.25, 0.3) is 0 Å². The molecule has 1 aromatic carbocycles. The number of nitrogens with one attached hydrogen (secondary N) is 1. The molecule has 2 rings (SSSR count). The smallest absolute Gasteiger partial charge is 0.261 e. The molecule has 23 heavy (non-hydrogen) atoms. The van der Waals surface area contributed by atoms with Gasteiger partial charge in [0.1, 0.15) is 5.75 Å². The van der Waals surface area contributed by atoms with E-state index in [0.717, 1.165) is 16.2 Å². The average molecular weight is 332 g/mol. The van der Waals surface area contributed by atoms with E-state index in [4.69, 9.17) is 9.57 Å². The highest BCUT2D eigenvalue weighted by Crippen LogP contribution is 2.17. The molecule has 1 heterocycles. The van der Waals surface area contributed by atoms with E-state index >= 15 is 0 Å². The van der Waals surface area contributed by atoms with Crippen LogP contribution >= 0.6 is 11.3 Å². The lowest BCUT2D eigenvalue weighted by atomic mass is 10.2. The van der Waals surface area contributed by atoms with Crippen molar-refractivity contribution in [3.8, 4) is 5.75 Å². The Hall–Kier alpha value is -2.34. The first-order chi connectivity index (χ1) is 11.1. The fourth-order valence-corrected chi connectivity index (χ4v) is 2.43. The molecule has 0 bridgehead atoms. The molecule has 1 aromatic heterocycles. The number of oxime groups is 1. The second-order valence-electron chi connectivity index (χ2n) is 5.07. The van der Waals surface area contributed by atoms with Crippen molar-refractivity contribution < 1.29 is 14.4 Å². The molecule has 0 atom stereocenters. The summed E-state index contributed by atoms with van der Waals surface area (Å²) in [6.07, 6.45) is 1.62. The number of ether oxygens (including phenoxy) is 1. The Morgan fingerprint density at radius 1 is 1.30 bits per heavy atom. The van der Waals surface area contributed by atoms with E-state index in [0.29, 0.717) is 6.54 Å². The van der Waals surface area contributed by atoms with E-state index < -0.39 is 0 Å². The summed E-state index contributed by atoms with van der Waals surface area (Å²) in [5, 5.41) is 8.57. The molecule has 1 amide bonds. The summed E-state index contributed by atoms with van der Waals surface area (Å²) in [6.45, 7) is 4.31. The van der Waals surface area contributed by atoms with Crippen molar-refractivity contribution in [2.45, 2.75) is 26.5 Å². The minimum absolute atomic E-state index is 0.0773. The third-order valence-corrected chi connectivity index (χ3v) is 3.66. The van der Waals surface area contributed by atoms with Crippen LogP contribution < -0.4 is 10.1 Å². The highest BCUT2D eigenvalue weighted by Gasteiger charge is 2.04. The van der Waals surface area contributed by atoms with Gasteiger partial charge in [-0.3, -0.25) is 4.79 Å². The van der Waals surface area contributed by atoms with Crippen molar-refractivity contribution in [3.05, 3.63) is 52.2 Å². The van der Waals surface area contributed by atoms with Gasteiger partial charge in [0.05, 0.1) is 18.9 Å². The monoisotopic (exact) mass is 332 g/mol. The van der Waals surface area contributed by atoms with Gasteiger partial charge in [0, 0.05) is 10.4 Å². The van der Waals surface area contributed by atoms with Crippen LogP contribution in [0, 0.1) is 0 Å². The van der Waals surface area contributed by atoms with Gasteiger partial charge in [-0.05, 0) is 37.4 Å². The Kier molecular flexibility index (Phi) is 6.62. The Balaban J connectivity index is 1.77. The summed E-state index contributed by atoms with van der Waals surface area (Å²) >= 11 is 1.60. The standard InChI is InChI=1S/C17H20N2O3S/c1-13(2)22-16-8-4-3-6-14(16)10-19-21-12-17(20)18-11-15-7-5-9-23-15/h3-10,13H,11-12H2,1-2H3,(H,18,20)/b19-10+. The third-order valence-electron chi connectivity index (χ3n) is 2.78. The molecular formula is C17H20N2O3S. The summed E-state index contributed by atoms with van der Waals surface area (Å²) in [5.41, 5.74) is 0.806. The van der Waals surface area contributed by atoms with Gasteiger partial charge >= 0.3 is 0 Å². The van der Waals surface area contributed by atoms with E-state index in [1.54, 1.807) is 17.6 Å². The molecule has 0 fully saturated rings. The van der Waals surface area contributed by atoms with Gasteiger partial charge in [-0.1, -0.05) is 23.4 Å². The van der Waals surface area contributed by atoms with E-state index in [1.807, 2.05) is 55.6 Å². The summed E-state index contributed by atoms with van der Waals surface area (Å²) in [5.74, 6) is 0.527. The van der Waals surface area contributed by atoms with Gasteiger partial charge in [0.25, 0.3) is 5.91 Å². The number of nitrogens with zero attached hydrogens (tertiary/aromatic N) is 1. The minimum atomic E-state index is -0.206. The minimum Gasteiger partial charge on any atom is -0.490 e. The van der Waals surface area contributed by atoms with Gasteiger partial charge in [-0.25, -0.2) is 0 Å². The Morgan fingerprint density at radius 3 is 2.87 bits per heavy atom. The zero-order valence-electron chi connectivity index (χ0n) is 13.2. The highest BCUT2D eigenvalue weighted by molar-refractivity contribution is 7.09. The first kappa shape index (κ1) is 17.0. The number of benzene rings is 1. The van der Waals surface area contributed by atoms with Crippen LogP contribution in [0.5, 0.6) is 5.75 Å². The number of thiophene rings is 1. The first-order valence-corrected chi connectivity index (χ1v) is 8.23. The lowest BCUT2D eigenvalue weighted by Gasteiger charge is -2.11. The van der Waals surface area contributed by atoms with Crippen LogP contribution in [0.4, 0.5) is 0 Å². The van der Waals surface area contributed by atoms with Gasteiger partial charge in [-0.15, -0.1) is 11.3 Å². The second kappa shape index (κ2) is 8.95. The van der Waals surface area contributed by atoms with Crippen molar-refractivity contribution in [1.82, 2.24) is 5.32 Å². The van der Waals surface area contributed by atoms with Crippen molar-refractivity contribution in [2.75, 3.05) is 6.61 Å². The zero-order valence-corrected chi connectivity index (χ0v) is 14.0. The van der Waals surface area contributed by atoms with Crippen molar-refractivity contribution in [3.63, 3.8) is 0 Å². The molecule has 0 aliphatic heterocycles. The lowest BCUT2D eigenvalue weighted by molar-refractivity contribution is -0.125. The zero-order chi connectivity index (χ0) is 16.5. The van der Waals surface area contributed by atoms with E-state index in [2.05, 4.69) is 10.5 Å². The van der Waals surface area contributed by atoms with Crippen LogP contribution in [-0.2, 0) is 16.2 Å². The number of rotatable bonds is 8. The van der Waals surface area contributed by atoms with E-state index in [9.17, 15) is 4.79 Å². The fourth-order valence-electron chi connectivity index (χ4n) is 1.79. The summed E-state index contributed by atoms with van der Waals surface area (Å²) < 4.78 is 5.68. The predicted octanol–water partition coefficient (Wildman–Crippen LogP) is 3.20. The van der Waals surface area contributed by atoms with Crippen molar-refractivity contribution >= 4 is 23.5 Å². The van der Waals surface area contributed by atoms with Gasteiger partial charge in [0.15, 0.2) is 6.61 Å². The number of para-hydroxylation sites is 1. The van der Waals surface area contributed by atoms with E-state index in [-0.39, 0.29) is 18.6 Å². The largest absolute Gasteiger partial charge is 0.490 e. The van der Waals surface area contributed by atoms with Crippen LogP contribution in [0.2, 0.25) is 0 Å².